The number of anilines is 1. The molecular weight excluding hydrogens is 403 g/mol. The van der Waals surface area contributed by atoms with Gasteiger partial charge in [-0.15, -0.1) is 0 Å². The van der Waals surface area contributed by atoms with E-state index in [0.29, 0.717) is 16.6 Å². The molecule has 1 amide bonds. The highest BCUT2D eigenvalue weighted by molar-refractivity contribution is 7.91. The number of nitrogens with one attached hydrogen (secondary N) is 1. The molecule has 1 aromatic heterocycles. The topological polar surface area (TPSA) is 68.2 Å². The maximum absolute atomic E-state index is 13.2. The van der Waals surface area contributed by atoms with Crippen molar-refractivity contribution in [2.75, 3.05) is 5.32 Å². The Labute approximate surface area is 173 Å². The van der Waals surface area contributed by atoms with Gasteiger partial charge in [0.1, 0.15) is 12.4 Å². The van der Waals surface area contributed by atoms with Crippen molar-refractivity contribution >= 4 is 32.3 Å². The number of nitrogens with zero attached hydrogens (tertiary/aromatic N) is 1. The molecule has 0 bridgehead atoms. The number of sulfone groups is 1. The van der Waals surface area contributed by atoms with Gasteiger partial charge < -0.3 is 9.88 Å². The second-order valence-electron chi connectivity index (χ2n) is 6.96. The van der Waals surface area contributed by atoms with Crippen LogP contribution in [0.15, 0.2) is 88.8 Å². The van der Waals surface area contributed by atoms with Gasteiger partial charge in [0.15, 0.2) is 0 Å². The Morgan fingerprint density at radius 2 is 1.63 bits per heavy atom. The molecule has 0 atom stereocenters. The third-order valence-corrected chi connectivity index (χ3v) is 6.70. The van der Waals surface area contributed by atoms with E-state index >= 15 is 0 Å². The second-order valence-corrected chi connectivity index (χ2v) is 8.88. The largest absolute Gasteiger partial charge is 0.337 e. The highest BCUT2D eigenvalue weighted by atomic mass is 32.2. The quantitative estimate of drug-likeness (QED) is 0.480. The van der Waals surface area contributed by atoms with Crippen LogP contribution in [0, 0.1) is 12.7 Å². The number of amides is 1. The average molecular weight is 422 g/mol. The number of carbonyl (C=O) groups excluding carboxylic acids is 1. The third kappa shape index (κ3) is 3.71. The second kappa shape index (κ2) is 7.76. The van der Waals surface area contributed by atoms with E-state index < -0.39 is 15.7 Å². The first-order valence-electron chi connectivity index (χ1n) is 9.30. The van der Waals surface area contributed by atoms with Gasteiger partial charge >= 0.3 is 0 Å². The molecule has 3 aromatic carbocycles. The molecule has 0 aliphatic carbocycles. The van der Waals surface area contributed by atoms with Crippen LogP contribution in [-0.2, 0) is 21.2 Å². The molecule has 0 unspecified atom stereocenters. The Balaban J connectivity index is 1.71. The fourth-order valence-corrected chi connectivity index (χ4v) is 4.83. The summed E-state index contributed by atoms with van der Waals surface area (Å²) in [5, 5.41) is 3.36. The highest BCUT2D eigenvalue weighted by Gasteiger charge is 2.24. The zero-order chi connectivity index (χ0) is 21.3. The smallest absolute Gasteiger partial charge is 0.244 e. The summed E-state index contributed by atoms with van der Waals surface area (Å²) in [6, 6.07) is 19.1. The van der Waals surface area contributed by atoms with Crippen LogP contribution in [0.3, 0.4) is 0 Å². The number of benzene rings is 3. The van der Waals surface area contributed by atoms with Crippen molar-refractivity contribution < 1.29 is 17.6 Å². The molecule has 0 fully saturated rings. The highest BCUT2D eigenvalue weighted by Crippen LogP contribution is 2.30. The molecule has 0 aliphatic rings. The molecule has 30 heavy (non-hydrogen) atoms. The zero-order valence-electron chi connectivity index (χ0n) is 16.2. The Hall–Kier alpha value is -3.45. The van der Waals surface area contributed by atoms with E-state index in [-0.39, 0.29) is 22.2 Å². The summed E-state index contributed by atoms with van der Waals surface area (Å²) in [5.41, 5.74) is 2.26. The normalized spacial score (nSPS) is 11.5. The Morgan fingerprint density at radius 1 is 0.967 bits per heavy atom. The summed E-state index contributed by atoms with van der Waals surface area (Å²) in [6.45, 7) is 1.85. The molecule has 0 aliphatic heterocycles. The number of aryl methyl sites for hydroxylation is 1. The Morgan fingerprint density at radius 3 is 2.37 bits per heavy atom. The van der Waals surface area contributed by atoms with E-state index in [1.165, 1.54) is 18.3 Å². The van der Waals surface area contributed by atoms with Crippen LogP contribution >= 0.6 is 0 Å². The van der Waals surface area contributed by atoms with E-state index in [1.54, 1.807) is 28.8 Å². The molecule has 4 aromatic rings. The number of aromatic nitrogens is 1. The van der Waals surface area contributed by atoms with Gasteiger partial charge in [-0.3, -0.25) is 4.79 Å². The lowest BCUT2D eigenvalue weighted by Crippen LogP contribution is -2.18. The number of carbonyl (C=O) groups is 1. The van der Waals surface area contributed by atoms with Crippen molar-refractivity contribution in [2.24, 2.45) is 0 Å². The summed E-state index contributed by atoms with van der Waals surface area (Å²) in [4.78, 5) is 12.7. The summed E-state index contributed by atoms with van der Waals surface area (Å²) in [6.07, 6.45) is 1.46. The fraction of sp³-hybridized carbons (Fsp3) is 0.0870. The van der Waals surface area contributed by atoms with Gasteiger partial charge in [0.25, 0.3) is 0 Å². The first kappa shape index (κ1) is 19.8. The Bertz CT molecular complexity index is 1340. The number of rotatable bonds is 5. The average Bonchev–Trinajstić information content (AvgIpc) is 3.09. The molecule has 7 heteroatoms. The van der Waals surface area contributed by atoms with Crippen LogP contribution in [0.25, 0.3) is 10.9 Å². The summed E-state index contributed by atoms with van der Waals surface area (Å²) in [7, 11) is -3.88. The predicted octanol–water partition coefficient (Wildman–Crippen LogP) is 4.56. The van der Waals surface area contributed by atoms with Crippen molar-refractivity contribution in [3.8, 4) is 0 Å². The number of para-hydroxylation sites is 2. The van der Waals surface area contributed by atoms with Gasteiger partial charge in [-0.1, -0.05) is 36.4 Å². The SMILES string of the molecule is Cc1ccccc1NC(=O)Cn1cc(S(=O)(=O)c2ccc(F)cc2)c2ccccc21. The number of halogens is 1. The number of hydrogen-bond acceptors (Lipinski definition) is 3. The maximum atomic E-state index is 13.2. The molecule has 152 valence electrons. The molecule has 0 saturated heterocycles. The number of fused-ring (bicyclic) bond motifs is 1. The molecule has 1 heterocycles. The minimum absolute atomic E-state index is 0.00355. The molecule has 4 rings (SSSR count). The standard InChI is InChI=1S/C23H19FN2O3S/c1-16-6-2-4-8-20(16)25-23(27)15-26-14-22(19-7-3-5-9-21(19)26)30(28,29)18-12-10-17(24)11-13-18/h2-14H,15H2,1H3,(H,25,27). The molecule has 5 nitrogen and oxygen atoms in total. The van der Waals surface area contributed by atoms with E-state index in [4.69, 9.17) is 0 Å². The predicted molar refractivity (Wildman–Crippen MR) is 114 cm³/mol. The lowest BCUT2D eigenvalue weighted by Gasteiger charge is -2.09. The Kier molecular flexibility index (Phi) is 5.13. The third-order valence-electron chi connectivity index (χ3n) is 4.90. The van der Waals surface area contributed by atoms with Gasteiger partial charge in [-0.05, 0) is 48.9 Å². The van der Waals surface area contributed by atoms with Gasteiger partial charge in [0, 0.05) is 22.8 Å². The first-order valence-corrected chi connectivity index (χ1v) is 10.8. The van der Waals surface area contributed by atoms with Crippen molar-refractivity contribution in [2.45, 2.75) is 23.3 Å². The van der Waals surface area contributed by atoms with Gasteiger partial charge in [0.2, 0.25) is 15.7 Å². The lowest BCUT2D eigenvalue weighted by atomic mass is 10.2. The fourth-order valence-electron chi connectivity index (χ4n) is 3.36. The maximum Gasteiger partial charge on any atom is 0.244 e. The van der Waals surface area contributed by atoms with Crippen LogP contribution < -0.4 is 5.32 Å². The van der Waals surface area contributed by atoms with E-state index in [9.17, 15) is 17.6 Å². The minimum Gasteiger partial charge on any atom is -0.337 e. The van der Waals surface area contributed by atoms with E-state index in [0.717, 1.165) is 17.7 Å². The van der Waals surface area contributed by atoms with Crippen LogP contribution in [0.2, 0.25) is 0 Å². The molecule has 0 radical (unpaired) electrons. The first-order chi connectivity index (χ1) is 14.4. The molecular formula is C23H19FN2O3S. The summed E-state index contributed by atoms with van der Waals surface area (Å²) < 4.78 is 41.2. The van der Waals surface area contributed by atoms with Crippen molar-refractivity contribution in [3.05, 3.63) is 90.4 Å². The molecule has 0 saturated carbocycles. The van der Waals surface area contributed by atoms with E-state index in [1.807, 2.05) is 31.2 Å². The van der Waals surface area contributed by atoms with Crippen LogP contribution in [0.1, 0.15) is 5.56 Å². The van der Waals surface area contributed by atoms with Crippen molar-refractivity contribution in [1.82, 2.24) is 4.57 Å². The van der Waals surface area contributed by atoms with E-state index in [2.05, 4.69) is 5.32 Å². The van der Waals surface area contributed by atoms with Gasteiger partial charge in [-0.25, -0.2) is 12.8 Å². The van der Waals surface area contributed by atoms with Crippen LogP contribution in [-0.4, -0.2) is 18.9 Å². The molecule has 0 spiro atoms. The van der Waals surface area contributed by atoms with Crippen molar-refractivity contribution in [1.29, 1.82) is 0 Å². The van der Waals surface area contributed by atoms with Gasteiger partial charge in [0.05, 0.1) is 9.79 Å². The summed E-state index contributed by atoms with van der Waals surface area (Å²) in [5.74, 6) is -0.778. The number of hydrogen-bond donors (Lipinski definition) is 1. The van der Waals surface area contributed by atoms with Crippen LogP contribution in [0.5, 0.6) is 0 Å². The van der Waals surface area contributed by atoms with Crippen LogP contribution in [0.4, 0.5) is 10.1 Å². The van der Waals surface area contributed by atoms with Crippen molar-refractivity contribution in [3.63, 3.8) is 0 Å². The summed E-state index contributed by atoms with van der Waals surface area (Å²) >= 11 is 0. The lowest BCUT2D eigenvalue weighted by molar-refractivity contribution is -0.116. The minimum atomic E-state index is -3.88. The van der Waals surface area contributed by atoms with Gasteiger partial charge in [-0.2, -0.15) is 0 Å². The molecule has 1 N–H and O–H groups in total. The monoisotopic (exact) mass is 422 g/mol. The zero-order valence-corrected chi connectivity index (χ0v) is 17.0.